The van der Waals surface area contributed by atoms with E-state index in [1.165, 1.54) is 31.2 Å². The predicted molar refractivity (Wildman–Crippen MR) is 136 cm³/mol. The average molecular weight is 656 g/mol. The minimum absolute atomic E-state index is 0.0300. The van der Waals surface area contributed by atoms with Gasteiger partial charge in [0.2, 0.25) is 0 Å². The van der Waals surface area contributed by atoms with Crippen molar-refractivity contribution in [3.8, 4) is 11.8 Å². The summed E-state index contributed by atoms with van der Waals surface area (Å²) in [6, 6.07) is 9.54. The Morgan fingerprint density at radius 2 is 1.59 bits per heavy atom. The van der Waals surface area contributed by atoms with Crippen molar-refractivity contribution in [2.45, 2.75) is 31.6 Å². The van der Waals surface area contributed by atoms with Gasteiger partial charge in [-0.2, -0.15) is 40.4 Å². The quantitative estimate of drug-likeness (QED) is 0.248. The molecule has 6 nitrogen and oxygen atoms in total. The zero-order valence-corrected chi connectivity index (χ0v) is 22.5. The monoisotopic (exact) mass is 655 g/mol. The number of anilines is 2. The Morgan fingerprint density at radius 3 is 2.09 bits per heavy atom. The summed E-state index contributed by atoms with van der Waals surface area (Å²) in [5.74, 6) is -5.23. The maximum atomic E-state index is 15.6. The van der Waals surface area contributed by atoms with Gasteiger partial charge < -0.3 is 15.0 Å². The van der Waals surface area contributed by atoms with Crippen LogP contribution in [0.25, 0.3) is 0 Å². The molecule has 0 spiro atoms. The average Bonchev–Trinajstić information content (AvgIpc) is 2.93. The van der Waals surface area contributed by atoms with Gasteiger partial charge in [-0.15, -0.1) is 0 Å². The second-order valence-corrected chi connectivity index (χ2v) is 9.10. The Balaban J connectivity index is 2.06. The molecular formula is C27H16ClF10N3O3. The maximum Gasteiger partial charge on any atom is 0.435 e. The second-order valence-electron chi connectivity index (χ2n) is 8.70. The van der Waals surface area contributed by atoms with Crippen molar-refractivity contribution >= 4 is 34.8 Å². The summed E-state index contributed by atoms with van der Waals surface area (Å²) in [6.07, 6.45) is -13.3. The van der Waals surface area contributed by atoms with Crippen molar-refractivity contribution in [2.75, 3.05) is 16.8 Å². The Morgan fingerprint density at radius 1 is 1.00 bits per heavy atom. The van der Waals surface area contributed by atoms with E-state index in [4.69, 9.17) is 16.9 Å². The van der Waals surface area contributed by atoms with Crippen LogP contribution in [0.4, 0.5) is 55.3 Å². The van der Waals surface area contributed by atoms with Gasteiger partial charge in [0.1, 0.15) is 5.69 Å². The molecule has 0 aliphatic carbocycles. The summed E-state index contributed by atoms with van der Waals surface area (Å²) in [5.41, 5.74) is -10.6. The topological polar surface area (TPSA) is 82.4 Å². The lowest BCUT2D eigenvalue weighted by Gasteiger charge is -2.31. The van der Waals surface area contributed by atoms with Crippen LogP contribution in [-0.4, -0.2) is 37.3 Å². The van der Waals surface area contributed by atoms with E-state index >= 15 is 4.39 Å². The molecule has 0 radical (unpaired) electrons. The van der Waals surface area contributed by atoms with Crippen molar-refractivity contribution in [3.63, 3.8) is 0 Å². The molecule has 0 saturated carbocycles. The fourth-order valence-electron chi connectivity index (χ4n) is 3.93. The zero-order valence-electron chi connectivity index (χ0n) is 21.8. The first-order valence-corrected chi connectivity index (χ1v) is 12.3. The molecule has 3 rings (SSSR count). The number of rotatable bonds is 8. The third kappa shape index (κ3) is 6.52. The molecule has 17 heteroatoms. The Hall–Kier alpha value is -4.52. The van der Waals surface area contributed by atoms with Crippen LogP contribution in [0.1, 0.15) is 38.8 Å². The molecule has 0 bridgehead atoms. The molecule has 0 atom stereocenters. The van der Waals surface area contributed by atoms with Crippen LogP contribution in [0.5, 0.6) is 5.75 Å². The number of ether oxygens (including phenoxy) is 1. The van der Waals surface area contributed by atoms with Crippen LogP contribution in [0.3, 0.4) is 0 Å². The largest absolute Gasteiger partial charge is 0.435 e. The molecule has 234 valence electrons. The SMILES string of the molecule is CCN(C(=O)c1ccc(C#N)cc1)c1cccc(C(=O)Nc2c(Cl)cc(C(F)(C(F)(F)F)C(F)(F)F)cc2OC(F)F)c1F. The van der Waals surface area contributed by atoms with E-state index in [9.17, 15) is 49.1 Å². The molecule has 0 aromatic heterocycles. The van der Waals surface area contributed by atoms with Crippen LogP contribution in [-0.2, 0) is 5.67 Å². The van der Waals surface area contributed by atoms with Crippen LogP contribution >= 0.6 is 11.6 Å². The van der Waals surface area contributed by atoms with E-state index in [1.807, 2.05) is 6.07 Å². The van der Waals surface area contributed by atoms with Crippen molar-refractivity contribution in [1.29, 1.82) is 5.26 Å². The van der Waals surface area contributed by atoms with Crippen LogP contribution in [0, 0.1) is 17.1 Å². The number of nitrogens with one attached hydrogen (secondary N) is 1. The minimum Gasteiger partial charge on any atom is -0.433 e. The maximum absolute atomic E-state index is 15.6. The van der Waals surface area contributed by atoms with Gasteiger partial charge in [-0.25, -0.2) is 8.78 Å². The van der Waals surface area contributed by atoms with E-state index in [0.29, 0.717) is 0 Å². The van der Waals surface area contributed by atoms with Gasteiger partial charge in [0.25, 0.3) is 11.8 Å². The number of alkyl halides is 9. The molecule has 1 N–H and O–H groups in total. The normalized spacial score (nSPS) is 12.1. The van der Waals surface area contributed by atoms with Crippen molar-refractivity contribution in [2.24, 2.45) is 0 Å². The molecule has 3 aromatic carbocycles. The van der Waals surface area contributed by atoms with Gasteiger partial charge >= 0.3 is 24.6 Å². The van der Waals surface area contributed by atoms with E-state index in [1.54, 1.807) is 5.32 Å². The first kappa shape index (κ1) is 34.0. The van der Waals surface area contributed by atoms with Crippen molar-refractivity contribution in [1.82, 2.24) is 0 Å². The first-order valence-electron chi connectivity index (χ1n) is 11.9. The number of nitriles is 1. The molecule has 0 aliphatic heterocycles. The lowest BCUT2D eigenvalue weighted by molar-refractivity contribution is -0.348. The van der Waals surface area contributed by atoms with Gasteiger partial charge in [0.05, 0.1) is 27.9 Å². The van der Waals surface area contributed by atoms with Crippen molar-refractivity contribution in [3.05, 3.63) is 87.7 Å². The third-order valence-electron chi connectivity index (χ3n) is 6.02. The highest BCUT2D eigenvalue weighted by atomic mass is 35.5. The third-order valence-corrected chi connectivity index (χ3v) is 6.32. The summed E-state index contributed by atoms with van der Waals surface area (Å²) in [7, 11) is 0. The Kier molecular flexibility index (Phi) is 9.73. The smallest absolute Gasteiger partial charge is 0.433 e. The van der Waals surface area contributed by atoms with Gasteiger partial charge in [-0.1, -0.05) is 17.7 Å². The number of benzene rings is 3. The highest BCUT2D eigenvalue weighted by molar-refractivity contribution is 6.34. The van der Waals surface area contributed by atoms with Crippen LogP contribution in [0.2, 0.25) is 5.02 Å². The number of carbonyl (C=O) groups is 2. The van der Waals surface area contributed by atoms with E-state index < -0.39 is 75.5 Å². The number of nitrogens with zero attached hydrogens (tertiary/aromatic N) is 2. The summed E-state index contributed by atoms with van der Waals surface area (Å²) in [5, 5.41) is 9.39. The highest BCUT2D eigenvalue weighted by Gasteiger charge is 2.73. The summed E-state index contributed by atoms with van der Waals surface area (Å²) >= 11 is 5.72. The molecular weight excluding hydrogens is 640 g/mol. The number of carbonyl (C=O) groups excluding carboxylic acids is 2. The number of amides is 2. The lowest BCUT2D eigenvalue weighted by atomic mass is 9.93. The fraction of sp³-hybridized carbons (Fsp3) is 0.222. The molecule has 0 unspecified atom stereocenters. The molecule has 0 saturated heterocycles. The number of halogens is 11. The van der Waals surface area contributed by atoms with Crippen LogP contribution < -0.4 is 15.0 Å². The van der Waals surface area contributed by atoms with Gasteiger partial charge in [0, 0.05) is 17.7 Å². The molecule has 44 heavy (non-hydrogen) atoms. The molecule has 0 heterocycles. The van der Waals surface area contributed by atoms with E-state index in [2.05, 4.69) is 4.74 Å². The summed E-state index contributed by atoms with van der Waals surface area (Å²) < 4.78 is 140. The van der Waals surface area contributed by atoms with Gasteiger partial charge in [-0.05, 0) is 55.5 Å². The van der Waals surface area contributed by atoms with Crippen LogP contribution in [0.15, 0.2) is 54.6 Å². The second kappa shape index (κ2) is 12.6. The first-order chi connectivity index (χ1) is 20.4. The zero-order chi connectivity index (χ0) is 33.2. The highest BCUT2D eigenvalue weighted by Crippen LogP contribution is 2.55. The summed E-state index contributed by atoms with van der Waals surface area (Å²) in [6.45, 7) is -2.60. The number of hydrogen-bond donors (Lipinski definition) is 1. The number of hydrogen-bond acceptors (Lipinski definition) is 4. The summed E-state index contributed by atoms with van der Waals surface area (Å²) in [4.78, 5) is 26.9. The standard InChI is InChI=1S/C27H16ClF10N3O3/c1-2-41(23(43)14-8-6-13(12-39)7-9-14)18-5-3-4-16(20(18)29)22(42)40-21-17(28)10-15(11-19(21)44-24(30)31)25(32,26(33,34)35)27(36,37)38/h3-11,24H,2H2,1H3,(H,40,42). The fourth-order valence-corrected chi connectivity index (χ4v) is 4.19. The molecule has 0 fully saturated rings. The van der Waals surface area contributed by atoms with Gasteiger partial charge in [-0.3, -0.25) is 9.59 Å². The van der Waals surface area contributed by atoms with E-state index in [0.717, 1.165) is 23.1 Å². The van der Waals surface area contributed by atoms with Crippen molar-refractivity contribution < 1.29 is 58.2 Å². The molecule has 0 aliphatic rings. The predicted octanol–water partition coefficient (Wildman–Crippen LogP) is 8.16. The Labute approximate surface area is 246 Å². The molecule has 2 amide bonds. The lowest BCUT2D eigenvalue weighted by Crippen LogP contribution is -2.50. The minimum atomic E-state index is -6.63. The Bertz CT molecular complexity index is 1590. The van der Waals surface area contributed by atoms with Gasteiger partial charge in [0.15, 0.2) is 11.6 Å². The van der Waals surface area contributed by atoms with E-state index in [-0.39, 0.29) is 29.8 Å². The molecule has 3 aromatic rings.